The largest absolute Gasteiger partial charge is 0.446 e. The minimum absolute atomic E-state index is 0.0817. The average molecular weight is 358 g/mol. The Kier molecular flexibility index (Phi) is 3.85. The molecule has 0 radical (unpaired) electrons. The molecule has 0 N–H and O–H groups in total. The number of nitrogens with zero attached hydrogens (tertiary/aromatic N) is 2. The summed E-state index contributed by atoms with van der Waals surface area (Å²) in [4.78, 5) is -0.209. The van der Waals surface area contributed by atoms with Crippen molar-refractivity contribution in [3.05, 3.63) is 54.7 Å². The lowest BCUT2D eigenvalue weighted by atomic mass is 10.3. The fourth-order valence-electron chi connectivity index (χ4n) is 2.05. The molecule has 9 heteroatoms. The lowest BCUT2D eigenvalue weighted by Crippen LogP contribution is -2.14. The number of para-hydroxylation sites is 1. The summed E-state index contributed by atoms with van der Waals surface area (Å²) < 4.78 is 62.9. The zero-order chi connectivity index (χ0) is 16.7. The molecule has 0 atom stereocenters. The van der Waals surface area contributed by atoms with Crippen LogP contribution in [0.15, 0.2) is 64.5 Å². The quantitative estimate of drug-likeness (QED) is 0.667. The highest BCUT2D eigenvalue weighted by Crippen LogP contribution is 2.37. The molecule has 0 saturated heterocycles. The molecule has 0 bridgehead atoms. The molecule has 0 aliphatic heterocycles. The van der Waals surface area contributed by atoms with Crippen LogP contribution in [0.4, 0.5) is 13.2 Å². The van der Waals surface area contributed by atoms with Crippen LogP contribution in [-0.2, 0) is 10.0 Å². The maximum absolute atomic E-state index is 12.6. The average Bonchev–Trinajstić information content (AvgIpc) is 2.90. The number of halogens is 3. The molecule has 3 aromatic rings. The van der Waals surface area contributed by atoms with Crippen molar-refractivity contribution in [3.8, 4) is 0 Å². The molecular formula is C14H9F3N2O2S2. The molecule has 23 heavy (non-hydrogen) atoms. The first-order valence-corrected chi connectivity index (χ1v) is 8.57. The highest BCUT2D eigenvalue weighted by Gasteiger charge is 2.29. The van der Waals surface area contributed by atoms with Crippen molar-refractivity contribution < 1.29 is 21.6 Å². The second kappa shape index (κ2) is 5.57. The van der Waals surface area contributed by atoms with Crippen LogP contribution < -0.4 is 0 Å². The lowest BCUT2D eigenvalue weighted by molar-refractivity contribution is -0.0328. The van der Waals surface area contributed by atoms with Gasteiger partial charge < -0.3 is 0 Å². The zero-order valence-corrected chi connectivity index (χ0v) is 13.0. The van der Waals surface area contributed by atoms with Crippen molar-refractivity contribution in [2.75, 3.05) is 0 Å². The van der Waals surface area contributed by atoms with Crippen molar-refractivity contribution in [3.63, 3.8) is 0 Å². The van der Waals surface area contributed by atoms with Gasteiger partial charge in [-0.1, -0.05) is 18.2 Å². The maximum atomic E-state index is 12.6. The molecule has 0 fully saturated rings. The molecule has 0 unspecified atom stereocenters. The summed E-state index contributed by atoms with van der Waals surface area (Å²) in [5.41, 5.74) is -4.01. The van der Waals surface area contributed by atoms with Crippen LogP contribution in [0, 0.1) is 0 Å². The summed E-state index contributed by atoms with van der Waals surface area (Å²) in [6, 6.07) is 11.3. The summed E-state index contributed by atoms with van der Waals surface area (Å²) in [6.45, 7) is 0. The van der Waals surface area contributed by atoms with Gasteiger partial charge in [0.2, 0.25) is 0 Å². The van der Waals surface area contributed by atoms with E-state index in [4.69, 9.17) is 0 Å². The van der Waals surface area contributed by atoms with Gasteiger partial charge in [0.15, 0.2) is 0 Å². The third-order valence-electron chi connectivity index (χ3n) is 3.03. The molecule has 0 aliphatic rings. The van der Waals surface area contributed by atoms with Crippen LogP contribution >= 0.6 is 11.8 Å². The smallest absolute Gasteiger partial charge is 0.199 e. The number of alkyl halides is 3. The highest BCUT2D eigenvalue weighted by molar-refractivity contribution is 8.00. The van der Waals surface area contributed by atoms with E-state index in [1.165, 1.54) is 6.20 Å². The summed E-state index contributed by atoms with van der Waals surface area (Å²) in [5, 5.41) is 4.52. The van der Waals surface area contributed by atoms with Crippen molar-refractivity contribution in [2.24, 2.45) is 0 Å². The van der Waals surface area contributed by atoms with Crippen LogP contribution in [0.1, 0.15) is 0 Å². The van der Waals surface area contributed by atoms with Gasteiger partial charge in [-0.2, -0.15) is 30.8 Å². The van der Waals surface area contributed by atoms with Gasteiger partial charge in [0.05, 0.1) is 16.6 Å². The van der Waals surface area contributed by atoms with Gasteiger partial charge in [-0.3, -0.25) is 0 Å². The summed E-state index contributed by atoms with van der Waals surface area (Å²) >= 11 is -0.297. The molecule has 0 amide bonds. The summed E-state index contributed by atoms with van der Waals surface area (Å²) in [7, 11) is -3.97. The Bertz CT molecular complexity index is 948. The Morgan fingerprint density at radius 2 is 1.65 bits per heavy atom. The third-order valence-corrected chi connectivity index (χ3v) is 5.38. The number of thioether (sulfide) groups is 1. The normalized spacial score (nSPS) is 12.7. The van der Waals surface area contributed by atoms with E-state index in [2.05, 4.69) is 5.10 Å². The van der Waals surface area contributed by atoms with Gasteiger partial charge in [-0.25, -0.2) is 0 Å². The number of fused-ring (bicyclic) bond motifs is 1. The first-order valence-electron chi connectivity index (χ1n) is 6.31. The lowest BCUT2D eigenvalue weighted by Gasteiger charge is -2.08. The predicted octanol–water partition coefficient (Wildman–Crippen LogP) is 3.89. The van der Waals surface area contributed by atoms with E-state index in [-0.39, 0.29) is 21.6 Å². The molecule has 0 spiro atoms. The number of benzene rings is 2. The molecule has 1 heterocycles. The first kappa shape index (κ1) is 15.9. The van der Waals surface area contributed by atoms with Crippen molar-refractivity contribution in [1.29, 1.82) is 0 Å². The van der Waals surface area contributed by atoms with E-state index in [1.54, 1.807) is 24.3 Å². The van der Waals surface area contributed by atoms with Crippen molar-refractivity contribution >= 4 is 32.7 Å². The van der Waals surface area contributed by atoms with E-state index in [0.29, 0.717) is 10.9 Å². The molecule has 0 saturated carbocycles. The highest BCUT2D eigenvalue weighted by atomic mass is 32.2. The van der Waals surface area contributed by atoms with Gasteiger partial charge in [0, 0.05) is 10.3 Å². The van der Waals surface area contributed by atoms with Crippen LogP contribution in [0.5, 0.6) is 0 Å². The second-order valence-electron chi connectivity index (χ2n) is 4.57. The van der Waals surface area contributed by atoms with Crippen LogP contribution in [0.2, 0.25) is 0 Å². The molecule has 1 aromatic heterocycles. The fraction of sp³-hybridized carbons (Fsp3) is 0.0714. The van der Waals surface area contributed by atoms with E-state index in [0.717, 1.165) is 28.4 Å². The zero-order valence-electron chi connectivity index (χ0n) is 11.4. The van der Waals surface area contributed by atoms with Crippen LogP contribution in [-0.4, -0.2) is 23.1 Å². The van der Waals surface area contributed by atoms with E-state index < -0.39 is 15.5 Å². The monoisotopic (exact) mass is 358 g/mol. The first-order chi connectivity index (χ1) is 10.8. The van der Waals surface area contributed by atoms with Gasteiger partial charge in [0.25, 0.3) is 10.0 Å². The Labute approximate surface area is 134 Å². The maximum Gasteiger partial charge on any atom is 0.446 e. The minimum atomic E-state index is -4.42. The van der Waals surface area contributed by atoms with Crippen molar-refractivity contribution in [1.82, 2.24) is 9.19 Å². The molecule has 4 nitrogen and oxygen atoms in total. The van der Waals surface area contributed by atoms with E-state index >= 15 is 0 Å². The van der Waals surface area contributed by atoms with Gasteiger partial charge >= 0.3 is 5.51 Å². The Hall–Kier alpha value is -2.00. The standard InChI is InChI=1S/C14H9F3N2O2S2/c15-14(16,17)22-11-5-7-12(8-6-11)23(20,21)19-13-4-2-1-3-10(13)9-18-19/h1-9H. The number of aromatic nitrogens is 2. The SMILES string of the molecule is O=S(=O)(c1ccc(SC(F)(F)F)cc1)n1ncc2ccccc21. The molecule has 120 valence electrons. The van der Waals surface area contributed by atoms with Gasteiger partial charge in [-0.05, 0) is 42.1 Å². The topological polar surface area (TPSA) is 52.0 Å². The van der Waals surface area contributed by atoms with Gasteiger partial charge in [-0.15, -0.1) is 0 Å². The summed E-state index contributed by atoms with van der Waals surface area (Å²) in [6.07, 6.45) is 1.42. The van der Waals surface area contributed by atoms with E-state index in [9.17, 15) is 21.6 Å². The van der Waals surface area contributed by atoms with Gasteiger partial charge in [0.1, 0.15) is 0 Å². The van der Waals surface area contributed by atoms with Crippen LogP contribution in [0.25, 0.3) is 10.9 Å². The Morgan fingerprint density at radius 1 is 1.00 bits per heavy atom. The second-order valence-corrected chi connectivity index (χ2v) is 7.48. The minimum Gasteiger partial charge on any atom is -0.199 e. The van der Waals surface area contributed by atoms with Crippen molar-refractivity contribution in [2.45, 2.75) is 15.3 Å². The third kappa shape index (κ3) is 3.20. The Morgan fingerprint density at radius 3 is 2.30 bits per heavy atom. The molecular weight excluding hydrogens is 349 g/mol. The summed E-state index contributed by atoms with van der Waals surface area (Å²) in [5.74, 6) is 0. The molecule has 0 aliphatic carbocycles. The number of rotatable bonds is 3. The predicted molar refractivity (Wildman–Crippen MR) is 80.7 cm³/mol. The number of hydrogen-bond donors (Lipinski definition) is 0. The van der Waals surface area contributed by atoms with E-state index in [1.807, 2.05) is 0 Å². The molecule has 2 aromatic carbocycles. The number of hydrogen-bond acceptors (Lipinski definition) is 4. The van der Waals surface area contributed by atoms with Crippen LogP contribution in [0.3, 0.4) is 0 Å². The Balaban J connectivity index is 2.00. The molecule has 3 rings (SSSR count). The fourth-order valence-corrected chi connectivity index (χ4v) is 3.87.